The molecule has 0 spiro atoms. The number of benzene rings is 2. The largest absolute Gasteiger partial charge is 0.376 e. The third kappa shape index (κ3) is 4.23. The van der Waals surface area contributed by atoms with Gasteiger partial charge in [-0.25, -0.2) is 8.78 Å². The maximum absolute atomic E-state index is 13.7. The lowest BCUT2D eigenvalue weighted by Gasteiger charge is -2.11. The second-order valence-electron chi connectivity index (χ2n) is 5.98. The topological polar surface area (TPSA) is 67.4 Å². The fraction of sp³-hybridized carbons (Fsp3) is 0.263. The number of rotatable bonds is 5. The standard InChI is InChI=1S/C19H18F2N2O3/c20-15-7-2-8-16(21)17(15)23-19(25)13-5-1-4-12(10-13)18(24)22-11-14-6-3-9-26-14/h1-2,4-5,7-8,10,14H,3,6,9,11H2,(H,22,24)(H,23,25). The fourth-order valence-corrected chi connectivity index (χ4v) is 2.72. The van der Waals surface area contributed by atoms with Crippen molar-refractivity contribution in [2.24, 2.45) is 0 Å². The molecule has 0 aliphatic carbocycles. The zero-order chi connectivity index (χ0) is 18.5. The van der Waals surface area contributed by atoms with Crippen LogP contribution in [-0.2, 0) is 4.74 Å². The number of hydrogen-bond acceptors (Lipinski definition) is 3. The summed E-state index contributed by atoms with van der Waals surface area (Å²) in [5.74, 6) is -2.79. The SMILES string of the molecule is O=C(NCC1CCCO1)c1cccc(C(=O)Nc2c(F)cccc2F)c1. The molecule has 1 saturated heterocycles. The van der Waals surface area contributed by atoms with Gasteiger partial charge in [-0.15, -0.1) is 0 Å². The van der Waals surface area contributed by atoms with Crippen molar-refractivity contribution in [1.82, 2.24) is 5.32 Å². The van der Waals surface area contributed by atoms with Gasteiger partial charge in [0, 0.05) is 24.3 Å². The highest BCUT2D eigenvalue weighted by Gasteiger charge is 2.18. The van der Waals surface area contributed by atoms with Gasteiger partial charge < -0.3 is 15.4 Å². The molecule has 1 aliphatic heterocycles. The maximum atomic E-state index is 13.7. The lowest BCUT2D eigenvalue weighted by Crippen LogP contribution is -2.31. The Kier molecular flexibility index (Phi) is 5.58. The zero-order valence-corrected chi connectivity index (χ0v) is 13.9. The fourth-order valence-electron chi connectivity index (χ4n) is 2.72. The molecule has 3 rings (SSSR count). The summed E-state index contributed by atoms with van der Waals surface area (Å²) in [6, 6.07) is 9.24. The molecule has 1 unspecified atom stereocenters. The molecule has 0 saturated carbocycles. The summed E-state index contributed by atoms with van der Waals surface area (Å²) in [6.07, 6.45) is 1.88. The van der Waals surface area contributed by atoms with Gasteiger partial charge in [-0.05, 0) is 43.2 Å². The predicted octanol–water partition coefficient (Wildman–Crippen LogP) is 3.13. The average molecular weight is 360 g/mol. The van der Waals surface area contributed by atoms with E-state index in [0.717, 1.165) is 25.0 Å². The molecular weight excluding hydrogens is 342 g/mol. The van der Waals surface area contributed by atoms with E-state index in [1.807, 2.05) is 0 Å². The number of anilines is 1. The summed E-state index contributed by atoms with van der Waals surface area (Å²) in [7, 11) is 0. The smallest absolute Gasteiger partial charge is 0.255 e. The normalized spacial score (nSPS) is 16.3. The Balaban J connectivity index is 1.68. The molecule has 26 heavy (non-hydrogen) atoms. The van der Waals surface area contributed by atoms with Crippen LogP contribution in [0.4, 0.5) is 14.5 Å². The summed E-state index contributed by atoms with van der Waals surface area (Å²) in [5, 5.41) is 4.96. The Morgan fingerprint density at radius 3 is 2.35 bits per heavy atom. The molecule has 1 aliphatic rings. The lowest BCUT2D eigenvalue weighted by atomic mass is 10.1. The van der Waals surface area contributed by atoms with Crippen LogP contribution in [0.15, 0.2) is 42.5 Å². The van der Waals surface area contributed by atoms with Gasteiger partial charge >= 0.3 is 0 Å². The van der Waals surface area contributed by atoms with Crippen molar-refractivity contribution < 1.29 is 23.1 Å². The third-order valence-electron chi connectivity index (χ3n) is 4.10. The maximum Gasteiger partial charge on any atom is 0.255 e. The van der Waals surface area contributed by atoms with E-state index in [9.17, 15) is 18.4 Å². The van der Waals surface area contributed by atoms with Crippen LogP contribution < -0.4 is 10.6 Å². The number of halogens is 2. The highest BCUT2D eigenvalue weighted by molar-refractivity contribution is 6.06. The van der Waals surface area contributed by atoms with E-state index < -0.39 is 23.2 Å². The number of carbonyl (C=O) groups is 2. The molecular formula is C19H18F2N2O3. The third-order valence-corrected chi connectivity index (χ3v) is 4.10. The molecule has 136 valence electrons. The zero-order valence-electron chi connectivity index (χ0n) is 13.9. The van der Waals surface area contributed by atoms with Crippen LogP contribution in [0.5, 0.6) is 0 Å². The van der Waals surface area contributed by atoms with Crippen LogP contribution in [0.1, 0.15) is 33.6 Å². The minimum Gasteiger partial charge on any atom is -0.376 e. The lowest BCUT2D eigenvalue weighted by molar-refractivity contribution is 0.0858. The quantitative estimate of drug-likeness (QED) is 0.861. The van der Waals surface area contributed by atoms with Crippen molar-refractivity contribution >= 4 is 17.5 Å². The van der Waals surface area contributed by atoms with Crippen molar-refractivity contribution in [1.29, 1.82) is 0 Å². The van der Waals surface area contributed by atoms with E-state index in [1.165, 1.54) is 24.3 Å². The molecule has 2 N–H and O–H groups in total. The first-order valence-corrected chi connectivity index (χ1v) is 8.30. The van der Waals surface area contributed by atoms with Gasteiger partial charge in [0.25, 0.3) is 11.8 Å². The molecule has 1 heterocycles. The van der Waals surface area contributed by atoms with Gasteiger partial charge in [-0.2, -0.15) is 0 Å². The average Bonchev–Trinajstić information content (AvgIpc) is 3.16. The van der Waals surface area contributed by atoms with Crippen LogP contribution in [-0.4, -0.2) is 31.1 Å². The van der Waals surface area contributed by atoms with Crippen molar-refractivity contribution in [2.45, 2.75) is 18.9 Å². The molecule has 2 amide bonds. The Labute approximate surface area is 149 Å². The first-order valence-electron chi connectivity index (χ1n) is 8.30. The van der Waals surface area contributed by atoms with Crippen LogP contribution >= 0.6 is 0 Å². The van der Waals surface area contributed by atoms with Gasteiger partial charge in [-0.3, -0.25) is 9.59 Å². The number of nitrogens with one attached hydrogen (secondary N) is 2. The monoisotopic (exact) mass is 360 g/mol. The predicted molar refractivity (Wildman–Crippen MR) is 92.1 cm³/mol. The minimum atomic E-state index is -0.871. The van der Waals surface area contributed by atoms with E-state index in [-0.39, 0.29) is 23.1 Å². The molecule has 0 aromatic heterocycles. The van der Waals surface area contributed by atoms with E-state index in [2.05, 4.69) is 10.6 Å². The number of carbonyl (C=O) groups excluding carboxylic acids is 2. The van der Waals surface area contributed by atoms with E-state index >= 15 is 0 Å². The summed E-state index contributed by atoms with van der Waals surface area (Å²) < 4.78 is 32.7. The van der Waals surface area contributed by atoms with Gasteiger partial charge in [-0.1, -0.05) is 12.1 Å². The molecule has 7 heteroatoms. The first-order chi connectivity index (χ1) is 12.5. The summed E-state index contributed by atoms with van der Waals surface area (Å²) in [5.41, 5.74) is -0.118. The first kappa shape index (κ1) is 18.0. The van der Waals surface area contributed by atoms with Crippen LogP contribution in [0.2, 0.25) is 0 Å². The van der Waals surface area contributed by atoms with Crippen LogP contribution in [0, 0.1) is 11.6 Å². The van der Waals surface area contributed by atoms with Gasteiger partial charge in [0.15, 0.2) is 0 Å². The van der Waals surface area contributed by atoms with Crippen molar-refractivity contribution in [3.63, 3.8) is 0 Å². The van der Waals surface area contributed by atoms with Gasteiger partial charge in [0.1, 0.15) is 17.3 Å². The number of amides is 2. The van der Waals surface area contributed by atoms with Crippen molar-refractivity contribution in [2.75, 3.05) is 18.5 Å². The van der Waals surface area contributed by atoms with E-state index in [0.29, 0.717) is 13.2 Å². The summed E-state index contributed by atoms with van der Waals surface area (Å²) >= 11 is 0. The Morgan fingerprint density at radius 2 is 1.69 bits per heavy atom. The van der Waals surface area contributed by atoms with Gasteiger partial charge in [0.2, 0.25) is 0 Å². The van der Waals surface area contributed by atoms with Crippen LogP contribution in [0.25, 0.3) is 0 Å². The summed E-state index contributed by atoms with van der Waals surface area (Å²) in [4.78, 5) is 24.5. The second-order valence-corrected chi connectivity index (χ2v) is 5.98. The molecule has 2 aromatic carbocycles. The molecule has 0 radical (unpaired) electrons. The number of para-hydroxylation sites is 1. The molecule has 2 aromatic rings. The molecule has 5 nitrogen and oxygen atoms in total. The van der Waals surface area contributed by atoms with Crippen LogP contribution in [0.3, 0.4) is 0 Å². The summed E-state index contributed by atoms with van der Waals surface area (Å²) in [6.45, 7) is 1.10. The highest BCUT2D eigenvalue weighted by atomic mass is 19.1. The van der Waals surface area contributed by atoms with Crippen molar-refractivity contribution in [3.05, 3.63) is 65.2 Å². The van der Waals surface area contributed by atoms with Gasteiger partial charge in [0.05, 0.1) is 6.10 Å². The Morgan fingerprint density at radius 1 is 1.04 bits per heavy atom. The van der Waals surface area contributed by atoms with E-state index in [1.54, 1.807) is 6.07 Å². The van der Waals surface area contributed by atoms with E-state index in [4.69, 9.17) is 4.74 Å². The number of ether oxygens (including phenoxy) is 1. The number of hydrogen-bond donors (Lipinski definition) is 2. The highest BCUT2D eigenvalue weighted by Crippen LogP contribution is 2.19. The minimum absolute atomic E-state index is 0.00876. The Hall–Kier alpha value is -2.80. The second kappa shape index (κ2) is 8.05. The molecule has 0 bridgehead atoms. The van der Waals surface area contributed by atoms with Crippen molar-refractivity contribution in [3.8, 4) is 0 Å². The Bertz CT molecular complexity index is 800. The molecule has 1 fully saturated rings. The molecule has 1 atom stereocenters.